The lowest BCUT2D eigenvalue weighted by Gasteiger charge is -2.27. The van der Waals surface area contributed by atoms with Crippen LogP contribution in [0.2, 0.25) is 0 Å². The van der Waals surface area contributed by atoms with Gasteiger partial charge in [0, 0.05) is 58.6 Å². The van der Waals surface area contributed by atoms with E-state index in [0.29, 0.717) is 47.7 Å². The summed E-state index contributed by atoms with van der Waals surface area (Å²) in [6.07, 6.45) is 10.6. The molecule has 3 aliphatic rings. The smallest absolute Gasteiger partial charge is 0.481 e. The quantitative estimate of drug-likeness (QED) is 0.00629. The average molecular weight is 1190 g/mol. The highest BCUT2D eigenvalue weighted by Crippen LogP contribution is 2.66. The van der Waals surface area contributed by atoms with Gasteiger partial charge in [-0.1, -0.05) is 55.4 Å². The third-order valence-electron chi connectivity index (χ3n) is 12.3. The van der Waals surface area contributed by atoms with E-state index in [-0.39, 0.29) is 42.8 Å². The van der Waals surface area contributed by atoms with Gasteiger partial charge in [-0.05, 0) is 93.3 Å². The van der Waals surface area contributed by atoms with Gasteiger partial charge in [0.05, 0.1) is 41.6 Å². The number of carbonyl (C=O) groups excluding carboxylic acids is 1. The number of carboxylic acids is 1. The van der Waals surface area contributed by atoms with E-state index in [0.717, 1.165) is 39.8 Å². The molecule has 9 N–H and O–H groups in total. The number of ether oxygens (including phenoxy) is 1. The molecule has 1 amide bonds. The van der Waals surface area contributed by atoms with Crippen LogP contribution >= 0.6 is 34.4 Å². The molecule has 77 heavy (non-hydrogen) atoms. The van der Waals surface area contributed by atoms with Gasteiger partial charge in [0.25, 0.3) is 21.6 Å². The van der Waals surface area contributed by atoms with Crippen LogP contribution in [0.15, 0.2) is 98.1 Å². The molecule has 2 unspecified atom stereocenters. The van der Waals surface area contributed by atoms with Crippen molar-refractivity contribution >= 4 is 85.3 Å². The second-order valence-electron chi connectivity index (χ2n) is 18.4. The number of allylic oxidation sites excluding steroid dienone is 6. The van der Waals surface area contributed by atoms with E-state index in [1.807, 2.05) is 56.6 Å². The zero-order chi connectivity index (χ0) is 56.7. The van der Waals surface area contributed by atoms with Crippen LogP contribution in [0, 0.1) is 11.8 Å². The van der Waals surface area contributed by atoms with Crippen LogP contribution in [-0.4, -0.2) is 107 Å². The van der Waals surface area contributed by atoms with Crippen molar-refractivity contribution in [2.45, 2.75) is 99.2 Å². The van der Waals surface area contributed by atoms with Crippen LogP contribution < -0.4 is 21.5 Å². The van der Waals surface area contributed by atoms with Gasteiger partial charge in [-0.15, -0.1) is 4.33 Å². The lowest BCUT2D eigenvalue weighted by atomic mass is 9.81. The highest BCUT2D eigenvalue weighted by Gasteiger charge is 2.46. The number of unbranched alkanes of at least 4 members (excludes halogenated alkanes) is 2. The van der Waals surface area contributed by atoms with Gasteiger partial charge >= 0.3 is 34.0 Å². The maximum Gasteiger partial charge on any atom is 0.488 e. The number of amides is 1. The number of fused-ring (bicyclic) bond motifs is 2. The number of rotatable bonds is 24. The first-order chi connectivity index (χ1) is 35.9. The summed E-state index contributed by atoms with van der Waals surface area (Å²) in [4.78, 5) is 92.1. The Balaban J connectivity index is 1.17. The number of H-pyrrole nitrogens is 1. The highest BCUT2D eigenvalue weighted by molar-refractivity contribution is 8.08. The zero-order valence-electron chi connectivity index (χ0n) is 41.4. The Morgan fingerprint density at radius 1 is 1.00 bits per heavy atom. The van der Waals surface area contributed by atoms with Crippen molar-refractivity contribution in [3.8, 4) is 11.8 Å². The van der Waals surface area contributed by atoms with E-state index < -0.39 is 85.4 Å². The molecule has 26 nitrogen and oxygen atoms in total. The Bertz CT molecular complexity index is 3360. The number of aromatic amines is 1. The van der Waals surface area contributed by atoms with E-state index in [9.17, 15) is 51.1 Å². The Hall–Kier alpha value is -4.76. The Morgan fingerprint density at radius 3 is 2.43 bits per heavy atom. The lowest BCUT2D eigenvalue weighted by molar-refractivity contribution is -0.432. The number of carboxylic acid groups (broad SMARTS) is 1. The molecule has 2 aromatic carbocycles. The molecule has 0 aliphatic carbocycles. The van der Waals surface area contributed by atoms with Crippen molar-refractivity contribution < 1.29 is 93.5 Å². The van der Waals surface area contributed by atoms with Crippen LogP contribution in [0.1, 0.15) is 89.1 Å². The molecule has 0 spiro atoms. The fourth-order valence-electron chi connectivity index (χ4n) is 8.83. The summed E-state index contributed by atoms with van der Waals surface area (Å²) >= 11 is 5.40. The monoisotopic (exact) mass is 1190 g/mol. The van der Waals surface area contributed by atoms with Crippen molar-refractivity contribution in [3.05, 3.63) is 116 Å². The molecule has 4 atom stereocenters. The number of carbonyl (C=O) groups is 2. The van der Waals surface area contributed by atoms with Crippen LogP contribution in [0.25, 0.3) is 0 Å². The first kappa shape index (κ1) is 61.5. The maximum atomic E-state index is 13.7. The minimum atomic E-state index is -5.55. The van der Waals surface area contributed by atoms with Crippen LogP contribution in [0.3, 0.4) is 0 Å². The Labute approximate surface area is 449 Å². The molecule has 1 saturated heterocycles. The topological polar surface area (TPSA) is 373 Å². The number of phosphoric acid groups is 2. The molecule has 4 heterocycles. The van der Waals surface area contributed by atoms with E-state index in [1.165, 1.54) is 12.1 Å². The molecule has 1 fully saturated rings. The van der Waals surface area contributed by atoms with E-state index in [2.05, 4.69) is 56.8 Å². The number of hydrogen-bond donors (Lipinski definition) is 9. The number of nitrogens with one attached hydrogen (secondary N) is 2. The largest absolute Gasteiger partial charge is 0.488 e. The SMILES string of the molecule is CC1(C)C(/C=C/C=C/C=C2/N(CCCCCC(=O)O)c3ccc(S(=O)(=O)O)cc3C2(C)C)=[N+](CC(=O)NCC#Cc2cn([C@H]3CC[C@@H](COP(O)(=S)OP(=O)(O)OP(=O)(O)O)O3)c(=O)[nH]c2=O)c2ccc(SOOO)cc21. The summed E-state index contributed by atoms with van der Waals surface area (Å²) in [5, 5.41) is 24.4. The molecule has 0 bridgehead atoms. The van der Waals surface area contributed by atoms with Crippen LogP contribution in [0.5, 0.6) is 0 Å². The predicted octanol–water partition coefficient (Wildman–Crippen LogP) is 5.33. The van der Waals surface area contributed by atoms with E-state index in [4.69, 9.17) is 29.4 Å². The molecular weight excluding hydrogens is 1140 g/mol. The molecule has 0 saturated carbocycles. The normalized spacial score (nSPS) is 20.0. The summed E-state index contributed by atoms with van der Waals surface area (Å²) in [5.41, 5.74) is 1.17. The second kappa shape index (κ2) is 25.1. The second-order valence-corrected chi connectivity index (χ2v) is 26.4. The molecule has 3 aromatic rings. The highest BCUT2D eigenvalue weighted by atomic mass is 32.5. The van der Waals surface area contributed by atoms with Gasteiger partial charge in [0.15, 0.2) is 5.71 Å². The number of aliphatic carboxylic acids is 1. The molecule has 6 rings (SSSR count). The molecule has 32 heteroatoms. The Morgan fingerprint density at radius 2 is 1.74 bits per heavy atom. The first-order valence-electron chi connectivity index (χ1n) is 23.1. The minimum absolute atomic E-state index is 0.0387. The van der Waals surface area contributed by atoms with Gasteiger partial charge in [-0.25, -0.2) is 23.5 Å². The van der Waals surface area contributed by atoms with Gasteiger partial charge < -0.3 is 44.2 Å². The molecule has 3 aliphatic heterocycles. The van der Waals surface area contributed by atoms with Crippen molar-refractivity contribution in [3.63, 3.8) is 0 Å². The van der Waals surface area contributed by atoms with E-state index in [1.54, 1.807) is 30.4 Å². The summed E-state index contributed by atoms with van der Waals surface area (Å²) in [5.74, 6) is 4.00. The number of aromatic nitrogens is 2. The fraction of sp³-hybridized carbons (Fsp3) is 0.400. The maximum absolute atomic E-state index is 13.7. The first-order valence-corrected chi connectivity index (χ1v) is 30.9. The summed E-state index contributed by atoms with van der Waals surface area (Å²) < 4.78 is 83.0. The summed E-state index contributed by atoms with van der Waals surface area (Å²) in [6.45, 7) is 2.72. The zero-order valence-corrected chi connectivity index (χ0v) is 46.5. The van der Waals surface area contributed by atoms with Gasteiger partial charge in [-0.3, -0.25) is 28.5 Å². The van der Waals surface area contributed by atoms with E-state index >= 15 is 0 Å². The molecule has 1 aromatic heterocycles. The van der Waals surface area contributed by atoms with Crippen molar-refractivity contribution in [1.82, 2.24) is 14.9 Å². The number of hydrogen-bond acceptors (Lipinski definition) is 18. The van der Waals surface area contributed by atoms with Crippen LogP contribution in [0.4, 0.5) is 11.4 Å². The van der Waals surface area contributed by atoms with Gasteiger partial charge in [0.1, 0.15) is 11.8 Å². The molecular formula is C45H55N5O21P3S3+. The predicted molar refractivity (Wildman–Crippen MR) is 280 cm³/mol. The van der Waals surface area contributed by atoms with Crippen molar-refractivity contribution in [2.24, 2.45) is 0 Å². The number of anilines is 1. The summed E-state index contributed by atoms with van der Waals surface area (Å²) in [6, 6.07) is 9.76. The number of benzene rings is 2. The minimum Gasteiger partial charge on any atom is -0.481 e. The average Bonchev–Trinajstić information content (AvgIpc) is 3.94. The van der Waals surface area contributed by atoms with Gasteiger partial charge in [0.2, 0.25) is 12.2 Å². The lowest BCUT2D eigenvalue weighted by Crippen LogP contribution is -2.35. The fourth-order valence-corrected chi connectivity index (χ4v) is 13.7. The van der Waals surface area contributed by atoms with Crippen LogP contribution in [-0.2, 0) is 78.7 Å². The van der Waals surface area contributed by atoms with Crippen molar-refractivity contribution in [1.29, 1.82) is 0 Å². The number of nitrogens with zero attached hydrogens (tertiary/aromatic N) is 3. The third-order valence-corrected chi connectivity index (χ3v) is 18.4. The standard InChI is InChI=1S/C45H54N5O21P3S3/c1-44(2)33-24-31(76-69-68-56)17-19-36(33)49(38(44)14-8-5-7-13-37-45(3,4)34-25-32(77(63,64)65)18-20-35(34)48(37)23-10-6-9-15-41(52)53)27-39(51)46-22-11-12-29-26-50(43(55)47-42(29)54)40-21-16-30(67-40)28-66-74(62,75)71-73(60,61)70-72(57,58)59/h5,7-8,13-14,17-20,24-26,30,40H,6,9-10,15-16,21-23,27-28H2,1-4H3,(H8-,46,47,51,52,53,54,55,56,57,58,59,60,61,62,63,64,65,75)/p+1/t30-,40+,74?/m0/s1. The van der Waals surface area contributed by atoms with Crippen molar-refractivity contribution in [2.75, 3.05) is 31.1 Å². The molecule has 0 radical (unpaired) electrons. The Kier molecular flexibility index (Phi) is 20.1. The third kappa shape index (κ3) is 16.2. The molecule has 418 valence electrons. The summed E-state index contributed by atoms with van der Waals surface area (Å²) in [7, 11) is -15.6. The van der Waals surface area contributed by atoms with Gasteiger partial charge in [-0.2, -0.15) is 17.3 Å².